The van der Waals surface area contributed by atoms with E-state index < -0.39 is 5.76 Å². The molecule has 2 aromatic carbocycles. The van der Waals surface area contributed by atoms with Crippen molar-refractivity contribution in [1.82, 2.24) is 4.57 Å². The van der Waals surface area contributed by atoms with Crippen LogP contribution in [0.15, 0.2) is 59.6 Å². The largest absolute Gasteiger partial charge is 0.288 e. The summed E-state index contributed by atoms with van der Waals surface area (Å²) in [4.78, 5) is 0.594. The lowest BCUT2D eigenvalue weighted by Gasteiger charge is -2.07. The normalized spacial score (nSPS) is 14.2. The standard InChI is InChI=1S/C22H23F2N2S/c1-16-6-10-18(11-7-16)26-20(15-25-14-4-2-3-5-21(25)26)17-8-12-19(13-9-17)27-22(23)24/h6-13,15,22H,2-5,14H2,1H3/q+1. The fraction of sp³-hybridized carbons (Fsp3) is 0.318. The summed E-state index contributed by atoms with van der Waals surface area (Å²) in [5.74, 6) is -1.07. The Bertz CT molecular complexity index is 915. The number of halogens is 2. The lowest BCUT2D eigenvalue weighted by atomic mass is 10.1. The summed E-state index contributed by atoms with van der Waals surface area (Å²) in [6.07, 6.45) is 6.91. The summed E-state index contributed by atoms with van der Waals surface area (Å²) < 4.78 is 29.9. The number of fused-ring (bicyclic) bond motifs is 1. The van der Waals surface area contributed by atoms with Gasteiger partial charge in [-0.05, 0) is 62.6 Å². The maximum atomic E-state index is 12.6. The molecule has 0 bridgehead atoms. The van der Waals surface area contributed by atoms with E-state index in [9.17, 15) is 8.78 Å². The first kappa shape index (κ1) is 18.2. The Kier molecular flexibility index (Phi) is 5.30. The molecule has 0 radical (unpaired) electrons. The van der Waals surface area contributed by atoms with Gasteiger partial charge in [0.1, 0.15) is 11.9 Å². The monoisotopic (exact) mass is 385 g/mol. The Balaban J connectivity index is 1.81. The number of thioether (sulfide) groups is 1. The van der Waals surface area contributed by atoms with Crippen LogP contribution >= 0.6 is 11.8 Å². The zero-order chi connectivity index (χ0) is 18.8. The second-order valence-electron chi connectivity index (χ2n) is 7.01. The summed E-state index contributed by atoms with van der Waals surface area (Å²) in [5, 5.41) is 0. The van der Waals surface area contributed by atoms with Crippen LogP contribution in [0.4, 0.5) is 8.78 Å². The first-order valence-corrected chi connectivity index (χ1v) is 10.3. The highest BCUT2D eigenvalue weighted by atomic mass is 32.2. The van der Waals surface area contributed by atoms with Gasteiger partial charge in [-0.2, -0.15) is 13.3 Å². The number of nitrogens with zero attached hydrogens (tertiary/aromatic N) is 2. The van der Waals surface area contributed by atoms with Crippen LogP contribution in [0.25, 0.3) is 16.9 Å². The quantitative estimate of drug-likeness (QED) is 0.408. The van der Waals surface area contributed by atoms with Crippen molar-refractivity contribution in [3.63, 3.8) is 0 Å². The average Bonchev–Trinajstić information content (AvgIpc) is 2.85. The van der Waals surface area contributed by atoms with Crippen molar-refractivity contribution in [3.8, 4) is 16.9 Å². The van der Waals surface area contributed by atoms with Crippen molar-refractivity contribution in [2.45, 2.75) is 49.8 Å². The van der Waals surface area contributed by atoms with Gasteiger partial charge in [-0.15, -0.1) is 0 Å². The molecule has 1 aliphatic rings. The van der Waals surface area contributed by atoms with E-state index in [4.69, 9.17) is 0 Å². The Morgan fingerprint density at radius 3 is 2.41 bits per heavy atom. The number of hydrogen-bond acceptors (Lipinski definition) is 1. The number of alkyl halides is 2. The summed E-state index contributed by atoms with van der Waals surface area (Å²) in [6.45, 7) is 3.12. The second kappa shape index (κ2) is 7.85. The first-order chi connectivity index (χ1) is 13.1. The number of benzene rings is 2. The lowest BCUT2D eigenvalue weighted by molar-refractivity contribution is -0.702. The van der Waals surface area contributed by atoms with E-state index in [-0.39, 0.29) is 0 Å². The fourth-order valence-corrected chi connectivity index (χ4v) is 4.23. The smallest absolute Gasteiger partial charge is 0.233 e. The van der Waals surface area contributed by atoms with Gasteiger partial charge in [0.05, 0.1) is 6.54 Å². The van der Waals surface area contributed by atoms with Crippen molar-refractivity contribution in [2.24, 2.45) is 0 Å². The van der Waals surface area contributed by atoms with Gasteiger partial charge in [-0.25, -0.2) is 4.57 Å². The maximum absolute atomic E-state index is 12.6. The van der Waals surface area contributed by atoms with Crippen molar-refractivity contribution in [1.29, 1.82) is 0 Å². The predicted octanol–water partition coefficient (Wildman–Crippen LogP) is 5.78. The molecule has 0 atom stereocenters. The molecule has 0 saturated heterocycles. The van der Waals surface area contributed by atoms with Crippen LogP contribution in [0.2, 0.25) is 0 Å². The zero-order valence-electron chi connectivity index (χ0n) is 15.4. The third kappa shape index (κ3) is 3.93. The SMILES string of the molecule is Cc1ccc(-n2c(-c3ccc(SC(F)F)cc3)c[n+]3c2CCCCC3)cc1. The van der Waals surface area contributed by atoms with Gasteiger partial charge in [0.2, 0.25) is 0 Å². The van der Waals surface area contributed by atoms with Crippen LogP contribution in [0, 0.1) is 6.92 Å². The van der Waals surface area contributed by atoms with E-state index in [1.807, 2.05) is 12.1 Å². The summed E-state index contributed by atoms with van der Waals surface area (Å²) in [6, 6.07) is 16.1. The van der Waals surface area contributed by atoms with E-state index >= 15 is 0 Å². The highest BCUT2D eigenvalue weighted by molar-refractivity contribution is 7.99. The topological polar surface area (TPSA) is 8.81 Å². The Labute approximate surface area is 162 Å². The van der Waals surface area contributed by atoms with Gasteiger partial charge >= 0.3 is 0 Å². The Morgan fingerprint density at radius 1 is 0.963 bits per heavy atom. The molecule has 0 saturated carbocycles. The predicted molar refractivity (Wildman–Crippen MR) is 106 cm³/mol. The van der Waals surface area contributed by atoms with Gasteiger partial charge in [0.25, 0.3) is 11.6 Å². The van der Waals surface area contributed by atoms with E-state index in [0.29, 0.717) is 16.7 Å². The minimum absolute atomic E-state index is 0.589. The first-order valence-electron chi connectivity index (χ1n) is 9.38. The van der Waals surface area contributed by atoms with Crippen molar-refractivity contribution < 1.29 is 13.3 Å². The zero-order valence-corrected chi connectivity index (χ0v) is 16.2. The van der Waals surface area contributed by atoms with E-state index in [2.05, 4.69) is 46.5 Å². The molecule has 0 spiro atoms. The number of hydrogen-bond donors (Lipinski definition) is 0. The second-order valence-corrected chi connectivity index (χ2v) is 8.07. The molecule has 0 N–H and O–H groups in total. The molecule has 140 valence electrons. The fourth-order valence-electron chi connectivity index (χ4n) is 3.73. The molecule has 4 rings (SSSR count). The van der Waals surface area contributed by atoms with Crippen LogP contribution in [0.3, 0.4) is 0 Å². The summed E-state index contributed by atoms with van der Waals surface area (Å²) in [5.41, 5.74) is 4.55. The molecular formula is C22H23F2N2S+. The van der Waals surface area contributed by atoms with Gasteiger partial charge in [0, 0.05) is 16.9 Å². The van der Waals surface area contributed by atoms with Crippen molar-refractivity contribution in [3.05, 3.63) is 66.1 Å². The molecule has 0 fully saturated rings. The maximum Gasteiger partial charge on any atom is 0.288 e. The molecule has 0 amide bonds. The molecule has 27 heavy (non-hydrogen) atoms. The van der Waals surface area contributed by atoms with Gasteiger partial charge in [0.15, 0.2) is 5.69 Å². The highest BCUT2D eigenvalue weighted by Gasteiger charge is 2.27. The highest BCUT2D eigenvalue weighted by Crippen LogP contribution is 2.30. The van der Waals surface area contributed by atoms with E-state index in [1.165, 1.54) is 30.7 Å². The molecule has 2 heterocycles. The number of rotatable bonds is 4. The third-order valence-electron chi connectivity index (χ3n) is 5.08. The lowest BCUT2D eigenvalue weighted by Crippen LogP contribution is -2.35. The van der Waals surface area contributed by atoms with Crippen LogP contribution in [-0.2, 0) is 13.0 Å². The number of imidazole rings is 1. The van der Waals surface area contributed by atoms with Gasteiger partial charge in [-0.3, -0.25) is 0 Å². The van der Waals surface area contributed by atoms with Crippen molar-refractivity contribution in [2.75, 3.05) is 0 Å². The minimum atomic E-state index is -2.39. The van der Waals surface area contributed by atoms with Crippen LogP contribution in [-0.4, -0.2) is 10.3 Å². The third-order valence-corrected chi connectivity index (χ3v) is 5.80. The van der Waals surface area contributed by atoms with Crippen molar-refractivity contribution >= 4 is 11.8 Å². The number of aryl methyl sites for hydroxylation is 2. The molecule has 1 aromatic heterocycles. The average molecular weight is 386 g/mol. The molecule has 0 unspecified atom stereocenters. The van der Waals surface area contributed by atoms with Gasteiger partial charge < -0.3 is 0 Å². The van der Waals surface area contributed by atoms with Crippen LogP contribution in [0.5, 0.6) is 0 Å². The molecular weight excluding hydrogens is 362 g/mol. The summed E-state index contributed by atoms with van der Waals surface area (Å²) in [7, 11) is 0. The minimum Gasteiger partial charge on any atom is -0.233 e. The molecule has 5 heteroatoms. The number of aromatic nitrogens is 2. The Morgan fingerprint density at radius 2 is 1.70 bits per heavy atom. The van der Waals surface area contributed by atoms with Gasteiger partial charge in [-0.1, -0.05) is 29.5 Å². The summed E-state index contributed by atoms with van der Waals surface area (Å²) >= 11 is 0.589. The van der Waals surface area contributed by atoms with Crippen LogP contribution < -0.4 is 4.57 Å². The van der Waals surface area contributed by atoms with E-state index in [0.717, 1.165) is 29.9 Å². The van der Waals surface area contributed by atoms with Crippen LogP contribution in [0.1, 0.15) is 30.7 Å². The van der Waals surface area contributed by atoms with E-state index in [1.54, 1.807) is 12.1 Å². The Hall–Kier alpha value is -2.14. The molecule has 0 aliphatic carbocycles. The molecule has 1 aliphatic heterocycles. The molecule has 3 aromatic rings. The molecule has 2 nitrogen and oxygen atoms in total.